The van der Waals surface area contributed by atoms with Crippen LogP contribution in [0.15, 0.2) is 67.1 Å². The van der Waals surface area contributed by atoms with Crippen molar-refractivity contribution < 1.29 is 13.0 Å². The molecule has 0 aliphatic heterocycles. The molecule has 0 unspecified atom stereocenters. The van der Waals surface area contributed by atoms with Crippen LogP contribution in [0.3, 0.4) is 0 Å². The van der Waals surface area contributed by atoms with E-state index in [0.29, 0.717) is 32.9 Å². The van der Waals surface area contributed by atoms with Gasteiger partial charge in [0.05, 0.1) is 0 Å². The number of imidazole rings is 1. The van der Waals surface area contributed by atoms with Gasteiger partial charge < -0.3 is 0 Å². The monoisotopic (exact) mass is 900 g/mol. The van der Waals surface area contributed by atoms with Gasteiger partial charge in [-0.1, -0.05) is 0 Å². The second-order valence-corrected chi connectivity index (χ2v) is 24.1. The quantitative estimate of drug-likeness (QED) is 0.0680. The molecule has 4 rings (SSSR count). The molecular weight excluding hydrogens is 831 g/mol. The fraction of sp³-hybridized carbons (Fsp3) is 0.583. The number of halogens is 3. The van der Waals surface area contributed by atoms with Gasteiger partial charge in [-0.25, -0.2) is 0 Å². The molecule has 2 aromatic carbocycles. The van der Waals surface area contributed by atoms with Gasteiger partial charge in [-0.15, -0.1) is 0 Å². The van der Waals surface area contributed by atoms with Crippen molar-refractivity contribution >= 4 is 34.8 Å². The van der Waals surface area contributed by atoms with Gasteiger partial charge in [-0.2, -0.15) is 0 Å². The average molecular weight is 903 g/mol. The van der Waals surface area contributed by atoms with Crippen molar-refractivity contribution in [3.63, 3.8) is 0 Å². The molecule has 55 heavy (non-hydrogen) atoms. The standard InChI is InChI=1S/C43H68N2.C5H3ClN.2ClH.Pd/c1-9-19-34(20-10-2)38-27-17-28-39(35(21-11-3)22-12-4)42(38)44-31-32-45(33-44)43-40(36(23-13-5)24-14-6)29-18-30-41(43)37(25-15-7)26-16-8;6-5-2-1-3-7-4-5;;;/h17-18,27-32,34-37H,9-16,19-26H2,1-8H3;1-3H;2*1H;/q;;;;-1/p-2. The second kappa shape index (κ2) is 23.1. The summed E-state index contributed by atoms with van der Waals surface area (Å²) in [7, 11) is 16.2. The fourth-order valence-corrected chi connectivity index (χ4v) is 15.4. The van der Waals surface area contributed by atoms with Crippen molar-refractivity contribution in [2.75, 3.05) is 0 Å². The van der Waals surface area contributed by atoms with Crippen LogP contribution in [0, 0.1) is 3.89 Å². The number of hydrogen-bond donors (Lipinski definition) is 0. The molecule has 0 aliphatic carbocycles. The van der Waals surface area contributed by atoms with E-state index in [9.17, 15) is 0 Å². The van der Waals surface area contributed by atoms with E-state index in [1.807, 2.05) is 12.1 Å². The van der Waals surface area contributed by atoms with Crippen molar-refractivity contribution in [2.45, 2.75) is 182 Å². The van der Waals surface area contributed by atoms with Crippen molar-refractivity contribution in [3.05, 3.63) is 98.3 Å². The molecule has 7 heteroatoms. The molecule has 0 fully saturated rings. The molecule has 0 N–H and O–H groups in total. The Bertz CT molecular complexity index is 1660. The molecule has 0 saturated heterocycles. The number of nitrogens with zero attached hydrogens (tertiary/aromatic N) is 3. The zero-order valence-corrected chi connectivity index (χ0v) is 39.1. The number of aromatic nitrogens is 3. The van der Waals surface area contributed by atoms with Gasteiger partial charge in [0.1, 0.15) is 0 Å². The molecule has 3 nitrogen and oxygen atoms in total. The summed E-state index contributed by atoms with van der Waals surface area (Å²) in [4.78, 5) is 4.89. The summed E-state index contributed by atoms with van der Waals surface area (Å²) in [5.74, 6) is 1.72. The Kier molecular flexibility index (Phi) is 19.3. The van der Waals surface area contributed by atoms with E-state index in [-0.39, 0.29) is 0 Å². The first kappa shape index (κ1) is 46.0. The molecule has 0 spiro atoms. The summed E-state index contributed by atoms with van der Waals surface area (Å²) in [6.07, 6.45) is 24.6. The van der Waals surface area contributed by atoms with Crippen LogP contribution in [0.5, 0.6) is 0 Å². The third kappa shape index (κ3) is 10.9. The number of benzene rings is 2. The predicted molar refractivity (Wildman–Crippen MR) is 239 cm³/mol. The summed E-state index contributed by atoms with van der Waals surface area (Å²) in [5, 5.41) is 0.528. The van der Waals surface area contributed by atoms with E-state index in [1.54, 1.807) is 6.20 Å². The maximum absolute atomic E-state index is 8.09. The minimum atomic E-state index is -3.82. The maximum atomic E-state index is 8.09. The van der Waals surface area contributed by atoms with Crippen molar-refractivity contribution in [1.29, 1.82) is 0 Å². The first-order valence-electron chi connectivity index (χ1n) is 21.7. The Morgan fingerprint density at radius 2 is 0.800 bits per heavy atom. The third-order valence-electron chi connectivity index (χ3n) is 11.3. The number of para-hydroxylation sites is 2. The number of hydrogen-bond acceptors (Lipinski definition) is 1. The molecule has 2 aromatic heterocycles. The van der Waals surface area contributed by atoms with Crippen LogP contribution in [-0.4, -0.2) is 14.1 Å². The van der Waals surface area contributed by atoms with Gasteiger partial charge in [0, 0.05) is 0 Å². The molecule has 312 valence electrons. The summed E-state index contributed by atoms with van der Waals surface area (Å²) in [5.41, 5.74) is 8.19. The van der Waals surface area contributed by atoms with E-state index in [2.05, 4.69) is 113 Å². The summed E-state index contributed by atoms with van der Waals surface area (Å²) in [6.45, 7) is 18.6. The van der Waals surface area contributed by atoms with E-state index < -0.39 is 13.0 Å². The van der Waals surface area contributed by atoms with Crippen LogP contribution >= 0.6 is 30.7 Å². The van der Waals surface area contributed by atoms with Gasteiger partial charge in [-0.3, -0.25) is 0 Å². The Morgan fingerprint density at radius 3 is 1.07 bits per heavy atom. The van der Waals surface area contributed by atoms with E-state index in [4.69, 9.17) is 35.6 Å². The van der Waals surface area contributed by atoms with Crippen molar-refractivity contribution in [2.24, 2.45) is 0 Å². The number of rotatable bonds is 23. The fourth-order valence-electron chi connectivity index (χ4n) is 9.09. The molecule has 0 aliphatic rings. The van der Waals surface area contributed by atoms with Crippen LogP contribution in [0.2, 0.25) is 5.02 Å². The first-order chi connectivity index (χ1) is 26.7. The van der Waals surface area contributed by atoms with E-state index in [0.717, 1.165) is 107 Å². The summed E-state index contributed by atoms with van der Waals surface area (Å²) >= 11 is 3.25. The molecule has 0 amide bonds. The van der Waals surface area contributed by atoms with Crippen LogP contribution in [-0.2, 0) is 13.0 Å². The van der Waals surface area contributed by atoms with E-state index in [1.165, 1.54) is 33.6 Å². The number of pyridine rings is 1. The van der Waals surface area contributed by atoms with Crippen LogP contribution in [0.25, 0.3) is 11.4 Å². The normalized spacial score (nSPS) is 12.6. The molecule has 2 heterocycles. The minimum absolute atomic E-state index is 0.430. The van der Waals surface area contributed by atoms with Crippen LogP contribution in [0.4, 0.5) is 0 Å². The first-order valence-corrected chi connectivity index (χ1v) is 27.7. The molecule has 0 atom stereocenters. The average Bonchev–Trinajstić information content (AvgIpc) is 3.63. The molecule has 0 saturated carbocycles. The van der Waals surface area contributed by atoms with Crippen molar-refractivity contribution in [1.82, 2.24) is 14.1 Å². The Balaban J connectivity index is 2.35. The Hall–Kier alpha value is -1.67. The molecule has 4 aromatic rings. The molecule has 0 radical (unpaired) electrons. The molecule has 0 bridgehead atoms. The zero-order chi connectivity index (χ0) is 40.0. The Morgan fingerprint density at radius 1 is 0.491 bits per heavy atom. The summed E-state index contributed by atoms with van der Waals surface area (Å²) < 4.78 is 6.41. The molecular formula is C48H71Cl3N3Pd-3. The summed E-state index contributed by atoms with van der Waals surface area (Å²) in [6, 6.07) is 18.0. The van der Waals surface area contributed by atoms with Gasteiger partial charge in [0.2, 0.25) is 0 Å². The van der Waals surface area contributed by atoms with Gasteiger partial charge >= 0.3 is 353 Å². The van der Waals surface area contributed by atoms with E-state index >= 15 is 0 Å². The van der Waals surface area contributed by atoms with Crippen LogP contribution < -0.4 is 4.17 Å². The van der Waals surface area contributed by atoms with Gasteiger partial charge in [-0.05, 0) is 0 Å². The predicted octanol–water partition coefficient (Wildman–Crippen LogP) is 16.4. The van der Waals surface area contributed by atoms with Crippen molar-refractivity contribution in [3.8, 4) is 11.4 Å². The third-order valence-corrected chi connectivity index (χ3v) is 17.6. The van der Waals surface area contributed by atoms with Crippen LogP contribution in [0.1, 0.15) is 204 Å². The Labute approximate surface area is 351 Å². The van der Waals surface area contributed by atoms with Gasteiger partial charge in [0.15, 0.2) is 0 Å². The zero-order valence-electron chi connectivity index (χ0n) is 35.3. The van der Waals surface area contributed by atoms with Gasteiger partial charge in [0.25, 0.3) is 0 Å². The SMILES string of the molecule is CCCC(CCC)c1cccc(C(CCC)CCC)c1-n1ccn(-c2c(C(CCC)CCC)cccc2C(CCC)CCC)[c]1=[Pd-3]([Cl])([Cl])[c]1ncccc1Cl. The topological polar surface area (TPSA) is 22.8 Å². The second-order valence-electron chi connectivity index (χ2n) is 15.6.